The Balaban J connectivity index is 1.48. The molecule has 1 fully saturated rings. The first-order chi connectivity index (χ1) is 12.3. The molecule has 2 aliphatic heterocycles. The predicted octanol–water partition coefficient (Wildman–Crippen LogP) is 3.54. The Bertz CT molecular complexity index is 919. The van der Waals surface area contributed by atoms with Gasteiger partial charge in [-0.1, -0.05) is 30.3 Å². The van der Waals surface area contributed by atoms with E-state index < -0.39 is 0 Å². The minimum absolute atomic E-state index is 0.0937. The third kappa shape index (κ3) is 2.55. The number of benzene rings is 1. The predicted molar refractivity (Wildman–Crippen MR) is 94.5 cm³/mol. The summed E-state index contributed by atoms with van der Waals surface area (Å²) in [7, 11) is 0. The Labute approximate surface area is 145 Å². The Hall–Kier alpha value is -2.53. The summed E-state index contributed by atoms with van der Waals surface area (Å²) < 4.78 is 13.7. The maximum Gasteiger partial charge on any atom is 0.355 e. The fourth-order valence-electron chi connectivity index (χ4n) is 3.95. The molecule has 0 amide bonds. The molecule has 0 bridgehead atoms. The number of fused-ring (bicyclic) bond motifs is 3. The topological polar surface area (TPSA) is 47.6 Å². The van der Waals surface area contributed by atoms with E-state index in [-0.39, 0.29) is 12.1 Å². The van der Waals surface area contributed by atoms with Crippen molar-refractivity contribution in [3.05, 3.63) is 48.2 Å². The van der Waals surface area contributed by atoms with Gasteiger partial charge in [-0.05, 0) is 25.9 Å². The standard InChI is InChI=1S/C20H20N2O3/c23-20-17-11-19-16(10-18(25-19)14-6-2-1-3-7-14)22(17)13-15(24-20)12-21-8-4-5-9-21/h1-3,6-7,10-11,15H,4-5,8-9,12-13H2. The first kappa shape index (κ1) is 14.8. The van der Waals surface area contributed by atoms with Crippen LogP contribution in [0.1, 0.15) is 23.3 Å². The molecule has 2 aliphatic rings. The molecule has 5 rings (SSSR count). The van der Waals surface area contributed by atoms with Gasteiger partial charge < -0.3 is 13.7 Å². The van der Waals surface area contributed by atoms with E-state index >= 15 is 0 Å². The van der Waals surface area contributed by atoms with Crippen LogP contribution >= 0.6 is 0 Å². The number of cyclic esters (lactones) is 1. The second-order valence-corrected chi connectivity index (χ2v) is 6.90. The number of rotatable bonds is 3. The van der Waals surface area contributed by atoms with Crippen molar-refractivity contribution < 1.29 is 13.9 Å². The number of furan rings is 1. The molecule has 0 saturated carbocycles. The number of likely N-dealkylation sites (tertiary alicyclic amines) is 1. The number of aromatic nitrogens is 1. The highest BCUT2D eigenvalue weighted by Crippen LogP contribution is 2.32. The molecule has 1 unspecified atom stereocenters. The van der Waals surface area contributed by atoms with Gasteiger partial charge in [0.15, 0.2) is 5.58 Å². The fraction of sp³-hybridized carbons (Fsp3) is 0.350. The van der Waals surface area contributed by atoms with E-state index in [1.54, 1.807) is 6.07 Å². The van der Waals surface area contributed by atoms with Crippen molar-refractivity contribution >= 4 is 17.1 Å². The van der Waals surface area contributed by atoms with Gasteiger partial charge in [-0.15, -0.1) is 0 Å². The molecule has 5 heteroatoms. The molecule has 0 aliphatic carbocycles. The summed E-state index contributed by atoms with van der Waals surface area (Å²) in [4.78, 5) is 14.8. The highest BCUT2D eigenvalue weighted by atomic mass is 16.5. The molecule has 0 spiro atoms. The third-order valence-corrected chi connectivity index (χ3v) is 5.18. The van der Waals surface area contributed by atoms with Gasteiger partial charge in [-0.2, -0.15) is 0 Å². The number of hydrogen-bond acceptors (Lipinski definition) is 4. The van der Waals surface area contributed by atoms with Gasteiger partial charge in [-0.25, -0.2) is 4.79 Å². The largest absolute Gasteiger partial charge is 0.454 e. The second kappa shape index (κ2) is 5.77. The van der Waals surface area contributed by atoms with Gasteiger partial charge in [0, 0.05) is 24.2 Å². The number of carbonyl (C=O) groups excluding carboxylic acids is 1. The summed E-state index contributed by atoms with van der Waals surface area (Å²) >= 11 is 0. The van der Waals surface area contributed by atoms with E-state index in [1.165, 1.54) is 12.8 Å². The average Bonchev–Trinajstić information content (AvgIpc) is 3.33. The van der Waals surface area contributed by atoms with Crippen LogP contribution in [0.15, 0.2) is 46.9 Å². The molecule has 0 radical (unpaired) electrons. The van der Waals surface area contributed by atoms with E-state index in [9.17, 15) is 4.79 Å². The van der Waals surface area contributed by atoms with E-state index in [1.807, 2.05) is 36.4 Å². The highest BCUT2D eigenvalue weighted by molar-refractivity contribution is 5.95. The Morgan fingerprint density at radius 3 is 2.68 bits per heavy atom. The van der Waals surface area contributed by atoms with Crippen molar-refractivity contribution in [3.8, 4) is 11.3 Å². The Morgan fingerprint density at radius 2 is 1.88 bits per heavy atom. The number of hydrogen-bond donors (Lipinski definition) is 0. The average molecular weight is 336 g/mol. The van der Waals surface area contributed by atoms with Crippen LogP contribution in [0, 0.1) is 0 Å². The van der Waals surface area contributed by atoms with Crippen LogP contribution in [-0.2, 0) is 11.3 Å². The number of carbonyl (C=O) groups is 1. The van der Waals surface area contributed by atoms with Gasteiger partial charge >= 0.3 is 5.97 Å². The van der Waals surface area contributed by atoms with Crippen LogP contribution in [0.5, 0.6) is 0 Å². The SMILES string of the molecule is O=C1OC(CN2CCCC2)Cn2c1cc1oc(-c3ccccc3)cc12. The lowest BCUT2D eigenvalue weighted by atomic mass is 10.2. The van der Waals surface area contributed by atoms with Crippen molar-refractivity contribution in [3.63, 3.8) is 0 Å². The molecule has 2 aromatic heterocycles. The van der Waals surface area contributed by atoms with Crippen molar-refractivity contribution in [2.45, 2.75) is 25.5 Å². The van der Waals surface area contributed by atoms with Crippen LogP contribution in [0.3, 0.4) is 0 Å². The summed E-state index contributed by atoms with van der Waals surface area (Å²) in [6, 6.07) is 13.9. The van der Waals surface area contributed by atoms with Crippen LogP contribution in [0.25, 0.3) is 22.4 Å². The summed E-state index contributed by atoms with van der Waals surface area (Å²) in [5.41, 5.74) is 3.34. The summed E-state index contributed by atoms with van der Waals surface area (Å²) in [6.45, 7) is 3.71. The maximum atomic E-state index is 12.4. The lowest BCUT2D eigenvalue weighted by Crippen LogP contribution is -2.40. The highest BCUT2D eigenvalue weighted by Gasteiger charge is 2.31. The first-order valence-corrected chi connectivity index (χ1v) is 8.90. The molecule has 1 saturated heterocycles. The molecule has 128 valence electrons. The van der Waals surface area contributed by atoms with E-state index in [0.29, 0.717) is 12.2 Å². The van der Waals surface area contributed by atoms with Crippen LogP contribution in [-0.4, -0.2) is 41.2 Å². The molecule has 0 N–H and O–H groups in total. The molecular weight excluding hydrogens is 316 g/mol. The smallest absolute Gasteiger partial charge is 0.355 e. The normalized spacial score (nSPS) is 20.8. The van der Waals surface area contributed by atoms with Crippen molar-refractivity contribution in [2.24, 2.45) is 0 Å². The van der Waals surface area contributed by atoms with Crippen molar-refractivity contribution in [1.29, 1.82) is 0 Å². The van der Waals surface area contributed by atoms with Crippen LogP contribution in [0.2, 0.25) is 0 Å². The van der Waals surface area contributed by atoms with Gasteiger partial charge in [0.05, 0.1) is 12.1 Å². The first-order valence-electron chi connectivity index (χ1n) is 8.90. The summed E-state index contributed by atoms with van der Waals surface area (Å²) in [5.74, 6) is 0.582. The zero-order valence-electron chi connectivity index (χ0n) is 14.0. The molecule has 1 aromatic carbocycles. The third-order valence-electron chi connectivity index (χ3n) is 5.18. The number of ether oxygens (including phenoxy) is 1. The number of esters is 1. The van der Waals surface area contributed by atoms with Crippen LogP contribution < -0.4 is 0 Å². The number of nitrogens with zero attached hydrogens (tertiary/aromatic N) is 2. The lowest BCUT2D eigenvalue weighted by molar-refractivity contribution is 0.00808. The minimum atomic E-state index is -0.247. The quantitative estimate of drug-likeness (QED) is 0.687. The van der Waals surface area contributed by atoms with Crippen LogP contribution in [0.4, 0.5) is 0 Å². The molecule has 1 atom stereocenters. The Kier molecular flexibility index (Phi) is 3.41. The molecule has 25 heavy (non-hydrogen) atoms. The minimum Gasteiger partial charge on any atom is -0.454 e. The Morgan fingerprint density at radius 1 is 1.08 bits per heavy atom. The second-order valence-electron chi connectivity index (χ2n) is 6.90. The maximum absolute atomic E-state index is 12.4. The van der Waals surface area contributed by atoms with E-state index in [0.717, 1.165) is 42.1 Å². The van der Waals surface area contributed by atoms with Crippen molar-refractivity contribution in [1.82, 2.24) is 9.47 Å². The molecule has 3 aromatic rings. The monoisotopic (exact) mass is 336 g/mol. The van der Waals surface area contributed by atoms with Gasteiger partial charge in [0.25, 0.3) is 0 Å². The fourth-order valence-corrected chi connectivity index (χ4v) is 3.95. The molecule has 5 nitrogen and oxygen atoms in total. The summed E-state index contributed by atoms with van der Waals surface area (Å²) in [6.07, 6.45) is 2.38. The zero-order chi connectivity index (χ0) is 16.8. The molecular formula is C20H20N2O3. The van der Waals surface area contributed by atoms with E-state index in [2.05, 4.69) is 9.47 Å². The van der Waals surface area contributed by atoms with Crippen molar-refractivity contribution in [2.75, 3.05) is 19.6 Å². The lowest BCUT2D eigenvalue weighted by Gasteiger charge is -2.28. The van der Waals surface area contributed by atoms with E-state index in [4.69, 9.17) is 9.15 Å². The van der Waals surface area contributed by atoms with Gasteiger partial charge in [0.2, 0.25) is 0 Å². The molecule has 4 heterocycles. The summed E-state index contributed by atoms with van der Waals surface area (Å²) in [5, 5.41) is 0. The van der Waals surface area contributed by atoms with Gasteiger partial charge in [-0.3, -0.25) is 4.90 Å². The van der Waals surface area contributed by atoms with Gasteiger partial charge in [0.1, 0.15) is 17.6 Å². The zero-order valence-corrected chi connectivity index (χ0v) is 14.0.